The van der Waals surface area contributed by atoms with Crippen LogP contribution in [0.15, 0.2) is 163 Å². The maximum atomic E-state index is 9.39. The SMILES string of the molecule is N#CC(/C=C\N)=C/Cc1cccc(-c2ccc3c(c2)-c2c(ccc4ccccc24)C3(c2ccccc2)c2ccccc2)c1. The summed E-state index contributed by atoms with van der Waals surface area (Å²) in [6, 6.07) is 52.9. The molecule has 0 heterocycles. The molecule has 2 N–H and O–H groups in total. The van der Waals surface area contributed by atoms with Gasteiger partial charge in [0.2, 0.25) is 0 Å². The Morgan fingerprint density at radius 3 is 2.07 bits per heavy atom. The molecule has 0 fully saturated rings. The summed E-state index contributed by atoms with van der Waals surface area (Å²) in [4.78, 5) is 0. The molecule has 0 radical (unpaired) electrons. The van der Waals surface area contributed by atoms with E-state index in [2.05, 4.69) is 146 Å². The second-order valence-electron chi connectivity index (χ2n) is 11.0. The number of nitrogens with two attached hydrogens (primary N) is 1. The van der Waals surface area contributed by atoms with E-state index in [1.165, 1.54) is 55.9 Å². The van der Waals surface area contributed by atoms with E-state index in [4.69, 9.17) is 5.73 Å². The number of nitrogens with zero attached hydrogens (tertiary/aromatic N) is 1. The summed E-state index contributed by atoms with van der Waals surface area (Å²) in [7, 11) is 0. The van der Waals surface area contributed by atoms with E-state index >= 15 is 0 Å². The maximum Gasteiger partial charge on any atom is 0.0988 e. The van der Waals surface area contributed by atoms with Gasteiger partial charge in [-0.25, -0.2) is 0 Å². The molecule has 2 nitrogen and oxygen atoms in total. The van der Waals surface area contributed by atoms with Crippen molar-refractivity contribution in [2.24, 2.45) is 5.73 Å². The minimum Gasteiger partial charge on any atom is -0.405 e. The fourth-order valence-corrected chi connectivity index (χ4v) is 6.80. The monoisotopic (exact) mass is 550 g/mol. The Balaban J connectivity index is 1.47. The normalized spacial score (nSPS) is 13.5. The largest absolute Gasteiger partial charge is 0.405 e. The predicted molar refractivity (Wildman–Crippen MR) is 177 cm³/mol. The van der Waals surface area contributed by atoms with Gasteiger partial charge < -0.3 is 5.73 Å². The third-order valence-corrected chi connectivity index (χ3v) is 8.66. The lowest BCUT2D eigenvalue weighted by Gasteiger charge is -2.34. The minimum absolute atomic E-state index is 0.438. The van der Waals surface area contributed by atoms with Gasteiger partial charge in [-0.05, 0) is 85.6 Å². The van der Waals surface area contributed by atoms with Crippen LogP contribution in [0.25, 0.3) is 33.0 Å². The van der Waals surface area contributed by atoms with Crippen LogP contribution >= 0.6 is 0 Å². The Morgan fingerprint density at radius 2 is 1.35 bits per heavy atom. The fourth-order valence-electron chi connectivity index (χ4n) is 6.80. The number of benzene rings is 6. The zero-order valence-corrected chi connectivity index (χ0v) is 23.7. The van der Waals surface area contributed by atoms with Gasteiger partial charge in [0.05, 0.1) is 11.5 Å². The molecule has 0 aliphatic heterocycles. The molecule has 0 aromatic heterocycles. The smallest absolute Gasteiger partial charge is 0.0988 e. The van der Waals surface area contributed by atoms with E-state index < -0.39 is 5.41 Å². The number of fused-ring (bicyclic) bond motifs is 5. The summed E-state index contributed by atoms with van der Waals surface area (Å²) in [6.45, 7) is 0. The lowest BCUT2D eigenvalue weighted by molar-refractivity contribution is 0.769. The van der Waals surface area contributed by atoms with Gasteiger partial charge >= 0.3 is 0 Å². The Kier molecular flexibility index (Phi) is 6.70. The summed E-state index contributed by atoms with van der Waals surface area (Å²) in [6.07, 6.45) is 5.62. The van der Waals surface area contributed by atoms with Crippen molar-refractivity contribution >= 4 is 10.8 Å². The molecular formula is C41H30N2. The number of hydrogen-bond donors (Lipinski definition) is 1. The number of nitriles is 1. The molecule has 2 heteroatoms. The van der Waals surface area contributed by atoms with Crippen LogP contribution in [0.1, 0.15) is 27.8 Å². The van der Waals surface area contributed by atoms with E-state index in [1.807, 2.05) is 6.08 Å². The van der Waals surface area contributed by atoms with Crippen LogP contribution in [0.3, 0.4) is 0 Å². The molecule has 1 aliphatic carbocycles. The van der Waals surface area contributed by atoms with Crippen LogP contribution in [0.5, 0.6) is 0 Å². The van der Waals surface area contributed by atoms with Gasteiger partial charge in [0.25, 0.3) is 0 Å². The quantitative estimate of drug-likeness (QED) is 0.166. The Morgan fingerprint density at radius 1 is 0.674 bits per heavy atom. The van der Waals surface area contributed by atoms with Gasteiger partial charge in [0, 0.05) is 5.57 Å². The van der Waals surface area contributed by atoms with Crippen molar-refractivity contribution in [2.45, 2.75) is 11.8 Å². The zero-order valence-electron chi connectivity index (χ0n) is 23.7. The van der Waals surface area contributed by atoms with Gasteiger partial charge in [0.1, 0.15) is 0 Å². The van der Waals surface area contributed by atoms with Crippen molar-refractivity contribution in [2.75, 3.05) is 0 Å². The van der Waals surface area contributed by atoms with E-state index in [-0.39, 0.29) is 0 Å². The van der Waals surface area contributed by atoms with Crippen LogP contribution < -0.4 is 5.73 Å². The average molecular weight is 551 g/mol. The molecule has 0 saturated heterocycles. The van der Waals surface area contributed by atoms with E-state index in [0.29, 0.717) is 12.0 Å². The molecule has 6 aromatic carbocycles. The van der Waals surface area contributed by atoms with E-state index in [9.17, 15) is 5.26 Å². The van der Waals surface area contributed by atoms with Gasteiger partial charge in [-0.2, -0.15) is 5.26 Å². The lowest BCUT2D eigenvalue weighted by atomic mass is 9.67. The van der Waals surface area contributed by atoms with E-state index in [0.717, 1.165) is 11.1 Å². The minimum atomic E-state index is -0.438. The first-order valence-corrected chi connectivity index (χ1v) is 14.6. The molecule has 204 valence electrons. The summed E-state index contributed by atoms with van der Waals surface area (Å²) >= 11 is 0. The first kappa shape index (κ1) is 26.3. The average Bonchev–Trinajstić information content (AvgIpc) is 3.38. The molecule has 0 spiro atoms. The summed E-state index contributed by atoms with van der Waals surface area (Å²) in [5.41, 5.74) is 16.8. The molecular weight excluding hydrogens is 520 g/mol. The third kappa shape index (κ3) is 4.35. The van der Waals surface area contributed by atoms with Crippen molar-refractivity contribution in [3.8, 4) is 28.3 Å². The Hall–Kier alpha value is -5.65. The van der Waals surface area contributed by atoms with Crippen LogP contribution in [-0.2, 0) is 11.8 Å². The highest BCUT2D eigenvalue weighted by Crippen LogP contribution is 2.58. The van der Waals surface area contributed by atoms with Crippen molar-refractivity contribution in [3.63, 3.8) is 0 Å². The van der Waals surface area contributed by atoms with Gasteiger partial charge in [-0.1, -0.05) is 140 Å². The van der Waals surface area contributed by atoms with Gasteiger partial charge in [0.15, 0.2) is 0 Å². The van der Waals surface area contributed by atoms with Gasteiger partial charge in [-0.15, -0.1) is 0 Å². The topological polar surface area (TPSA) is 49.8 Å². The van der Waals surface area contributed by atoms with Crippen molar-refractivity contribution in [3.05, 3.63) is 191 Å². The van der Waals surface area contributed by atoms with Crippen molar-refractivity contribution < 1.29 is 0 Å². The molecule has 0 saturated carbocycles. The second-order valence-corrected chi connectivity index (χ2v) is 11.0. The molecule has 0 atom stereocenters. The molecule has 0 bridgehead atoms. The molecule has 0 amide bonds. The summed E-state index contributed by atoms with van der Waals surface area (Å²) < 4.78 is 0. The predicted octanol–water partition coefficient (Wildman–Crippen LogP) is 9.33. The molecule has 1 aliphatic rings. The third-order valence-electron chi connectivity index (χ3n) is 8.66. The standard InChI is InChI=1S/C41H30N2/c42-25-24-30(28-43)19-18-29-10-9-12-32(26-29)33-21-22-38-37(27-33)40-36-17-8-7-11-31(36)20-23-39(40)41(38,34-13-3-1-4-14-34)35-15-5-2-6-16-35/h1-17,19-27H,18,42H2/b25-24-,30-19+. The van der Waals surface area contributed by atoms with Crippen LogP contribution in [0.2, 0.25) is 0 Å². The van der Waals surface area contributed by atoms with Crippen LogP contribution in [-0.4, -0.2) is 0 Å². The molecule has 0 unspecified atom stereocenters. The first-order chi connectivity index (χ1) is 21.2. The summed E-state index contributed by atoms with van der Waals surface area (Å²) in [5.74, 6) is 0. The zero-order chi connectivity index (χ0) is 29.2. The highest BCUT2D eigenvalue weighted by Gasteiger charge is 2.46. The molecule has 6 aromatic rings. The fraction of sp³-hybridized carbons (Fsp3) is 0.0488. The first-order valence-electron chi connectivity index (χ1n) is 14.6. The molecule has 7 rings (SSSR count). The highest BCUT2D eigenvalue weighted by molar-refractivity contribution is 6.04. The Bertz CT molecular complexity index is 2020. The number of rotatable bonds is 6. The highest BCUT2D eigenvalue weighted by atomic mass is 14.5. The van der Waals surface area contributed by atoms with Gasteiger partial charge in [-0.3, -0.25) is 0 Å². The lowest BCUT2D eigenvalue weighted by Crippen LogP contribution is -2.28. The number of hydrogen-bond acceptors (Lipinski definition) is 2. The summed E-state index contributed by atoms with van der Waals surface area (Å²) in [5, 5.41) is 11.9. The van der Waals surface area contributed by atoms with Crippen molar-refractivity contribution in [1.82, 2.24) is 0 Å². The van der Waals surface area contributed by atoms with Crippen molar-refractivity contribution in [1.29, 1.82) is 5.26 Å². The van der Waals surface area contributed by atoms with Crippen LogP contribution in [0, 0.1) is 11.3 Å². The second kappa shape index (κ2) is 11.0. The Labute approximate surface area is 252 Å². The maximum absolute atomic E-state index is 9.39. The van der Waals surface area contributed by atoms with Crippen LogP contribution in [0.4, 0.5) is 0 Å². The molecule has 43 heavy (non-hydrogen) atoms. The van der Waals surface area contributed by atoms with E-state index in [1.54, 1.807) is 6.08 Å². The number of allylic oxidation sites excluding steroid dienone is 3.